The van der Waals surface area contributed by atoms with Gasteiger partial charge in [0.05, 0.1) is 5.52 Å². The molecule has 0 unspecified atom stereocenters. The van der Waals surface area contributed by atoms with Gasteiger partial charge in [0.2, 0.25) is 0 Å². The number of nitrogens with one attached hydrogen (secondary N) is 1. The van der Waals surface area contributed by atoms with Gasteiger partial charge in [-0.2, -0.15) is 0 Å². The Kier molecular flexibility index (Phi) is 3.80. The molecular formula is C19H21N3. The minimum absolute atomic E-state index is 0.296. The zero-order valence-electron chi connectivity index (χ0n) is 13.5. The molecule has 0 spiro atoms. The third-order valence-electron chi connectivity index (χ3n) is 3.62. The highest BCUT2D eigenvalue weighted by molar-refractivity contribution is 5.90. The Bertz CT molecular complexity index is 802. The summed E-state index contributed by atoms with van der Waals surface area (Å²) in [6.45, 7) is 8.45. The van der Waals surface area contributed by atoms with Crippen LogP contribution in [0.5, 0.6) is 0 Å². The molecule has 0 radical (unpaired) electrons. The molecule has 0 fully saturated rings. The lowest BCUT2D eigenvalue weighted by Crippen LogP contribution is -2.03. The van der Waals surface area contributed by atoms with E-state index >= 15 is 0 Å². The summed E-state index contributed by atoms with van der Waals surface area (Å²) >= 11 is 0. The van der Waals surface area contributed by atoms with Crippen molar-refractivity contribution in [3.8, 4) is 0 Å². The Hall–Kier alpha value is -2.42. The second-order valence-electron chi connectivity index (χ2n) is 6.10. The van der Waals surface area contributed by atoms with Crippen molar-refractivity contribution in [2.75, 3.05) is 5.32 Å². The molecule has 2 aromatic carbocycles. The maximum absolute atomic E-state index is 4.73. The fourth-order valence-electron chi connectivity index (χ4n) is 2.63. The van der Waals surface area contributed by atoms with Gasteiger partial charge in [0.15, 0.2) is 0 Å². The van der Waals surface area contributed by atoms with Crippen LogP contribution in [0.4, 0.5) is 11.5 Å². The predicted molar refractivity (Wildman–Crippen MR) is 92.8 cm³/mol. The third kappa shape index (κ3) is 2.93. The van der Waals surface area contributed by atoms with E-state index in [0.29, 0.717) is 5.92 Å². The second kappa shape index (κ2) is 5.76. The number of para-hydroxylation sites is 1. The Balaban J connectivity index is 2.12. The molecule has 3 aromatic rings. The van der Waals surface area contributed by atoms with Gasteiger partial charge in [-0.25, -0.2) is 9.97 Å². The molecule has 3 rings (SSSR count). The SMILES string of the molecule is Cc1cc(C)cc(Nc2nc(C(C)C)nc3ccccc23)c1. The topological polar surface area (TPSA) is 37.8 Å². The second-order valence-corrected chi connectivity index (χ2v) is 6.10. The average Bonchev–Trinajstić information content (AvgIpc) is 2.46. The minimum atomic E-state index is 0.296. The van der Waals surface area contributed by atoms with Gasteiger partial charge in [0.25, 0.3) is 0 Å². The number of fused-ring (bicyclic) bond motifs is 1. The minimum Gasteiger partial charge on any atom is -0.340 e. The molecule has 0 aliphatic rings. The maximum Gasteiger partial charge on any atom is 0.142 e. The van der Waals surface area contributed by atoms with Crippen molar-refractivity contribution >= 4 is 22.4 Å². The van der Waals surface area contributed by atoms with Crippen LogP contribution in [0.3, 0.4) is 0 Å². The van der Waals surface area contributed by atoms with Crippen LogP contribution in [0.15, 0.2) is 42.5 Å². The van der Waals surface area contributed by atoms with Crippen LogP contribution >= 0.6 is 0 Å². The first-order valence-electron chi connectivity index (χ1n) is 7.65. The molecular weight excluding hydrogens is 270 g/mol. The normalized spacial score (nSPS) is 11.1. The summed E-state index contributed by atoms with van der Waals surface area (Å²) in [6, 6.07) is 14.6. The monoisotopic (exact) mass is 291 g/mol. The quantitative estimate of drug-likeness (QED) is 0.728. The van der Waals surface area contributed by atoms with Gasteiger partial charge in [-0.05, 0) is 49.2 Å². The highest BCUT2D eigenvalue weighted by Crippen LogP contribution is 2.26. The standard InChI is InChI=1S/C19H21N3/c1-12(2)18-21-17-8-6-5-7-16(17)19(22-18)20-15-10-13(3)9-14(4)11-15/h5-12H,1-4H3,(H,20,21,22). The van der Waals surface area contributed by atoms with Crippen LogP contribution < -0.4 is 5.32 Å². The van der Waals surface area contributed by atoms with Crippen molar-refractivity contribution in [1.29, 1.82) is 0 Å². The first kappa shape index (κ1) is 14.5. The fraction of sp³-hybridized carbons (Fsp3) is 0.263. The van der Waals surface area contributed by atoms with E-state index in [-0.39, 0.29) is 0 Å². The van der Waals surface area contributed by atoms with E-state index in [2.05, 4.69) is 62.3 Å². The Morgan fingerprint density at radius 1 is 0.909 bits per heavy atom. The molecule has 0 saturated carbocycles. The zero-order chi connectivity index (χ0) is 15.7. The zero-order valence-corrected chi connectivity index (χ0v) is 13.5. The van der Waals surface area contributed by atoms with Crippen molar-refractivity contribution < 1.29 is 0 Å². The number of rotatable bonds is 3. The van der Waals surface area contributed by atoms with Crippen molar-refractivity contribution in [3.63, 3.8) is 0 Å². The van der Waals surface area contributed by atoms with E-state index in [1.165, 1.54) is 11.1 Å². The van der Waals surface area contributed by atoms with Crippen LogP contribution in [0.2, 0.25) is 0 Å². The summed E-state index contributed by atoms with van der Waals surface area (Å²) in [7, 11) is 0. The van der Waals surface area contributed by atoms with Gasteiger partial charge in [-0.1, -0.05) is 32.0 Å². The van der Waals surface area contributed by atoms with E-state index in [4.69, 9.17) is 4.98 Å². The highest BCUT2D eigenvalue weighted by Gasteiger charge is 2.10. The molecule has 0 amide bonds. The third-order valence-corrected chi connectivity index (χ3v) is 3.62. The molecule has 112 valence electrons. The first-order valence-corrected chi connectivity index (χ1v) is 7.65. The van der Waals surface area contributed by atoms with E-state index in [1.807, 2.05) is 18.2 Å². The van der Waals surface area contributed by atoms with E-state index in [9.17, 15) is 0 Å². The van der Waals surface area contributed by atoms with Gasteiger partial charge in [0.1, 0.15) is 11.6 Å². The summed E-state index contributed by atoms with van der Waals surface area (Å²) < 4.78 is 0. The number of anilines is 2. The molecule has 1 heterocycles. The van der Waals surface area contributed by atoms with E-state index < -0.39 is 0 Å². The molecule has 1 aromatic heterocycles. The summed E-state index contributed by atoms with van der Waals surface area (Å²) in [4.78, 5) is 9.39. The van der Waals surface area contributed by atoms with Crippen molar-refractivity contribution in [2.24, 2.45) is 0 Å². The lowest BCUT2D eigenvalue weighted by molar-refractivity contribution is 0.785. The molecule has 0 atom stereocenters. The van der Waals surface area contributed by atoms with Crippen molar-refractivity contribution in [1.82, 2.24) is 9.97 Å². The average molecular weight is 291 g/mol. The number of hydrogen-bond acceptors (Lipinski definition) is 3. The Morgan fingerprint density at radius 2 is 1.59 bits per heavy atom. The molecule has 0 saturated heterocycles. The van der Waals surface area contributed by atoms with Crippen molar-refractivity contribution in [3.05, 3.63) is 59.4 Å². The summed E-state index contributed by atoms with van der Waals surface area (Å²) in [5, 5.41) is 4.52. The fourth-order valence-corrected chi connectivity index (χ4v) is 2.63. The first-order chi connectivity index (χ1) is 10.5. The van der Waals surface area contributed by atoms with Gasteiger partial charge in [0, 0.05) is 17.0 Å². The van der Waals surface area contributed by atoms with Gasteiger partial charge in [-0.15, -0.1) is 0 Å². The lowest BCUT2D eigenvalue weighted by atomic mass is 10.1. The van der Waals surface area contributed by atoms with E-state index in [0.717, 1.165) is 28.2 Å². The van der Waals surface area contributed by atoms with Crippen molar-refractivity contribution in [2.45, 2.75) is 33.6 Å². The summed E-state index contributed by atoms with van der Waals surface area (Å²) in [6.07, 6.45) is 0. The largest absolute Gasteiger partial charge is 0.340 e. The number of benzene rings is 2. The maximum atomic E-state index is 4.73. The van der Waals surface area contributed by atoms with Crippen LogP contribution in [-0.4, -0.2) is 9.97 Å². The molecule has 22 heavy (non-hydrogen) atoms. The van der Waals surface area contributed by atoms with Gasteiger partial charge >= 0.3 is 0 Å². The molecule has 0 aliphatic carbocycles. The van der Waals surface area contributed by atoms with E-state index in [1.54, 1.807) is 0 Å². The number of aromatic nitrogens is 2. The number of aryl methyl sites for hydroxylation is 2. The van der Waals surface area contributed by atoms with Gasteiger partial charge in [-0.3, -0.25) is 0 Å². The molecule has 3 nitrogen and oxygen atoms in total. The molecule has 0 aliphatic heterocycles. The lowest BCUT2D eigenvalue weighted by Gasteiger charge is -2.13. The number of nitrogens with zero attached hydrogens (tertiary/aromatic N) is 2. The summed E-state index contributed by atoms with van der Waals surface area (Å²) in [5.41, 5.74) is 4.53. The highest BCUT2D eigenvalue weighted by atomic mass is 15.0. The van der Waals surface area contributed by atoms with Crippen LogP contribution in [-0.2, 0) is 0 Å². The van der Waals surface area contributed by atoms with Gasteiger partial charge < -0.3 is 5.32 Å². The van der Waals surface area contributed by atoms with Crippen LogP contribution in [0.25, 0.3) is 10.9 Å². The molecule has 3 heteroatoms. The van der Waals surface area contributed by atoms with Crippen LogP contribution in [0.1, 0.15) is 36.7 Å². The predicted octanol–water partition coefficient (Wildman–Crippen LogP) is 5.11. The van der Waals surface area contributed by atoms with Crippen LogP contribution in [0, 0.1) is 13.8 Å². The summed E-state index contributed by atoms with van der Waals surface area (Å²) in [5.74, 6) is 2.04. The number of hydrogen-bond donors (Lipinski definition) is 1. The molecule has 1 N–H and O–H groups in total. The smallest absolute Gasteiger partial charge is 0.142 e. The Morgan fingerprint density at radius 3 is 2.27 bits per heavy atom. The Labute approximate surface area is 131 Å². The molecule has 0 bridgehead atoms.